The first-order valence-corrected chi connectivity index (χ1v) is 15.7. The summed E-state index contributed by atoms with van der Waals surface area (Å²) in [6.07, 6.45) is 22.5. The van der Waals surface area contributed by atoms with Crippen molar-refractivity contribution in [2.24, 2.45) is 0 Å². The first-order chi connectivity index (χ1) is 13.2. The Bertz CT molecular complexity index is 193. The fraction of sp³-hybridized carbons (Fsp3) is 1.00. The van der Waals surface area contributed by atoms with Crippen LogP contribution >= 0.6 is 18.6 Å². The summed E-state index contributed by atoms with van der Waals surface area (Å²) in [5, 5.41) is 12.2. The first-order valence-electron chi connectivity index (χ1n) is 11.4. The molecule has 0 aromatic carbocycles. The molecule has 166 valence electrons. The van der Waals surface area contributed by atoms with Crippen LogP contribution in [0.1, 0.15) is 124 Å². The minimum absolute atomic E-state index is 0.250. The first kappa shape index (κ1) is 32.9. The van der Waals surface area contributed by atoms with Gasteiger partial charge in [0.2, 0.25) is 0 Å². The standard InChI is InChI=1S/C20H42N.C2H6O.2ClH.Ti/c1-3-5-7-9-11-13-15-17-19-21-20-18-16-14-12-10-8-6-4-2;1-2-3;;;/h3-20H2,1-2H3;3H,2H2,1H3;2*1H;/q-1;;;;+2/p-2. The van der Waals surface area contributed by atoms with E-state index in [1.807, 2.05) is 0 Å². The zero-order valence-corrected chi connectivity index (χ0v) is 21.7. The van der Waals surface area contributed by atoms with Gasteiger partial charge in [0.1, 0.15) is 0 Å². The van der Waals surface area contributed by atoms with Gasteiger partial charge < -0.3 is 10.4 Å². The molecular formula is C22H48Cl2NOTi-. The summed E-state index contributed by atoms with van der Waals surface area (Å²) >= 11 is -0.556. The quantitative estimate of drug-likeness (QED) is 0.160. The van der Waals surface area contributed by atoms with Crippen LogP contribution < -0.4 is 0 Å². The van der Waals surface area contributed by atoms with Crippen molar-refractivity contribution < 1.29 is 22.1 Å². The minimum atomic E-state index is -0.556. The summed E-state index contributed by atoms with van der Waals surface area (Å²) in [6, 6.07) is 0. The molecule has 1 N–H and O–H groups in total. The summed E-state index contributed by atoms with van der Waals surface area (Å²) < 4.78 is 0. The summed E-state index contributed by atoms with van der Waals surface area (Å²) in [5.74, 6) is 0. The van der Waals surface area contributed by atoms with Crippen LogP contribution in [0.2, 0.25) is 0 Å². The van der Waals surface area contributed by atoms with E-state index in [9.17, 15) is 0 Å². The SMILES string of the molecule is CCCCCCCCCC[N-]CCCCCCCCCC.CCO.[Cl][Ti][Cl]. The Labute approximate surface area is 188 Å². The van der Waals surface area contributed by atoms with Crippen LogP contribution in [0.3, 0.4) is 0 Å². The maximum absolute atomic E-state index is 7.57. The molecular weight excluding hydrogens is 413 g/mol. The second-order valence-corrected chi connectivity index (χ2v) is 9.59. The maximum atomic E-state index is 7.57. The van der Waals surface area contributed by atoms with Gasteiger partial charge in [0.15, 0.2) is 0 Å². The van der Waals surface area contributed by atoms with E-state index in [1.54, 1.807) is 6.92 Å². The summed E-state index contributed by atoms with van der Waals surface area (Å²) in [5.41, 5.74) is 0. The second-order valence-electron chi connectivity index (χ2n) is 7.01. The molecule has 0 rings (SSSR count). The molecule has 0 saturated carbocycles. The molecule has 0 aliphatic heterocycles. The van der Waals surface area contributed by atoms with E-state index in [-0.39, 0.29) is 6.61 Å². The summed E-state index contributed by atoms with van der Waals surface area (Å²) in [6.45, 7) is 8.73. The van der Waals surface area contributed by atoms with E-state index in [0.717, 1.165) is 13.1 Å². The third-order valence-electron chi connectivity index (χ3n) is 4.34. The van der Waals surface area contributed by atoms with Crippen molar-refractivity contribution >= 4 is 18.6 Å². The third-order valence-corrected chi connectivity index (χ3v) is 4.34. The van der Waals surface area contributed by atoms with Crippen LogP contribution in [0.5, 0.6) is 0 Å². The van der Waals surface area contributed by atoms with Gasteiger partial charge in [0.25, 0.3) is 0 Å². The molecule has 0 bridgehead atoms. The molecule has 0 aromatic heterocycles. The average molecular weight is 461 g/mol. The van der Waals surface area contributed by atoms with E-state index in [0.29, 0.717) is 0 Å². The molecule has 0 unspecified atom stereocenters. The molecule has 0 saturated heterocycles. The van der Waals surface area contributed by atoms with Crippen molar-refractivity contribution in [3.05, 3.63) is 5.32 Å². The Hall–Kier alpha value is 1.21. The molecule has 0 atom stereocenters. The zero-order valence-electron chi connectivity index (χ0n) is 18.6. The van der Waals surface area contributed by atoms with Crippen molar-refractivity contribution in [1.82, 2.24) is 0 Å². The molecule has 0 amide bonds. The van der Waals surface area contributed by atoms with E-state index < -0.39 is 17.0 Å². The van der Waals surface area contributed by atoms with Gasteiger partial charge in [-0.05, 0) is 6.92 Å². The monoisotopic (exact) mass is 460 g/mol. The molecule has 0 heterocycles. The molecule has 5 heteroatoms. The number of rotatable bonds is 18. The number of halogens is 2. The van der Waals surface area contributed by atoms with Gasteiger partial charge in [-0.2, -0.15) is 0 Å². The van der Waals surface area contributed by atoms with Crippen molar-refractivity contribution in [2.45, 2.75) is 124 Å². The Morgan fingerprint density at radius 1 is 0.556 bits per heavy atom. The van der Waals surface area contributed by atoms with Gasteiger partial charge >= 0.3 is 35.6 Å². The van der Waals surface area contributed by atoms with Gasteiger partial charge in [-0.3, -0.25) is 0 Å². The fourth-order valence-corrected chi connectivity index (χ4v) is 2.83. The average Bonchev–Trinajstić information content (AvgIpc) is 2.65. The molecule has 2 nitrogen and oxygen atoms in total. The zero-order chi connectivity index (χ0) is 20.8. The van der Waals surface area contributed by atoms with Gasteiger partial charge in [-0.25, -0.2) is 0 Å². The van der Waals surface area contributed by atoms with Crippen LogP contribution in [0.15, 0.2) is 0 Å². The van der Waals surface area contributed by atoms with Crippen LogP contribution in [-0.4, -0.2) is 24.8 Å². The van der Waals surface area contributed by atoms with E-state index >= 15 is 0 Å². The third kappa shape index (κ3) is 46.9. The van der Waals surface area contributed by atoms with Gasteiger partial charge in [-0.15, -0.1) is 13.1 Å². The van der Waals surface area contributed by atoms with Crippen LogP contribution in [0.25, 0.3) is 5.32 Å². The van der Waals surface area contributed by atoms with Crippen molar-refractivity contribution in [1.29, 1.82) is 0 Å². The molecule has 0 aliphatic carbocycles. The number of hydrogen-bond acceptors (Lipinski definition) is 1. The van der Waals surface area contributed by atoms with Gasteiger partial charge in [0, 0.05) is 6.61 Å². The van der Waals surface area contributed by atoms with Crippen LogP contribution in [0, 0.1) is 0 Å². The molecule has 0 aromatic rings. The number of unbranched alkanes of at least 4 members (excludes halogenated alkanes) is 14. The predicted molar refractivity (Wildman–Crippen MR) is 123 cm³/mol. The Morgan fingerprint density at radius 3 is 1.04 bits per heavy atom. The molecule has 0 radical (unpaired) electrons. The summed E-state index contributed by atoms with van der Waals surface area (Å²) in [7, 11) is 9.78. The summed E-state index contributed by atoms with van der Waals surface area (Å²) in [4.78, 5) is 0. The van der Waals surface area contributed by atoms with Crippen molar-refractivity contribution in [3.63, 3.8) is 0 Å². The molecule has 0 aliphatic rings. The number of aliphatic hydroxyl groups excluding tert-OH is 1. The fourth-order valence-electron chi connectivity index (χ4n) is 2.83. The number of hydrogen-bond donors (Lipinski definition) is 1. The Morgan fingerprint density at radius 2 is 0.778 bits per heavy atom. The molecule has 0 spiro atoms. The topological polar surface area (TPSA) is 34.3 Å². The number of aliphatic hydroxyl groups is 1. The van der Waals surface area contributed by atoms with Crippen LogP contribution in [0.4, 0.5) is 0 Å². The van der Waals surface area contributed by atoms with Crippen molar-refractivity contribution in [2.75, 3.05) is 19.7 Å². The van der Waals surface area contributed by atoms with Gasteiger partial charge in [-0.1, -0.05) is 117 Å². The molecule has 27 heavy (non-hydrogen) atoms. The number of nitrogens with zero attached hydrogens (tertiary/aromatic N) is 1. The van der Waals surface area contributed by atoms with Crippen LogP contribution in [-0.2, 0) is 17.0 Å². The Kier molecular flexibility index (Phi) is 46.1. The molecule has 0 fully saturated rings. The van der Waals surface area contributed by atoms with Gasteiger partial charge in [0.05, 0.1) is 0 Å². The normalized spacial score (nSPS) is 9.85. The van der Waals surface area contributed by atoms with E-state index in [1.165, 1.54) is 103 Å². The van der Waals surface area contributed by atoms with E-state index in [2.05, 4.69) is 19.2 Å². The van der Waals surface area contributed by atoms with Crippen molar-refractivity contribution in [3.8, 4) is 0 Å². The van der Waals surface area contributed by atoms with E-state index in [4.69, 9.17) is 23.7 Å². The predicted octanol–water partition coefficient (Wildman–Crippen LogP) is 9.02. The second kappa shape index (κ2) is 37.9. The Balaban J connectivity index is -0.000000840.